The van der Waals surface area contributed by atoms with E-state index in [9.17, 15) is 4.79 Å². The van der Waals surface area contributed by atoms with Gasteiger partial charge in [-0.15, -0.1) is 10.2 Å². The van der Waals surface area contributed by atoms with E-state index in [1.54, 1.807) is 37.4 Å². The predicted octanol–water partition coefficient (Wildman–Crippen LogP) is 5.86. The van der Waals surface area contributed by atoms with Crippen molar-refractivity contribution in [3.05, 3.63) is 64.9 Å². The van der Waals surface area contributed by atoms with E-state index in [4.69, 9.17) is 21.1 Å². The third-order valence-corrected chi connectivity index (χ3v) is 6.24. The SMILES string of the molecule is CCC(CC)n1c(COc2ccccc2Cl)nnc1SCC(=O)c1ccc(OC)cc1. The number of thioether (sulfide) groups is 1. The van der Waals surface area contributed by atoms with E-state index in [1.165, 1.54) is 11.8 Å². The molecule has 0 radical (unpaired) electrons. The maximum atomic E-state index is 12.6. The van der Waals surface area contributed by atoms with Crippen LogP contribution in [-0.4, -0.2) is 33.4 Å². The van der Waals surface area contributed by atoms with Crippen LogP contribution in [0.1, 0.15) is 48.9 Å². The van der Waals surface area contributed by atoms with Crippen LogP contribution in [0.25, 0.3) is 0 Å². The van der Waals surface area contributed by atoms with Gasteiger partial charge in [0.25, 0.3) is 0 Å². The summed E-state index contributed by atoms with van der Waals surface area (Å²) in [5.74, 6) is 2.34. The first-order valence-corrected chi connectivity index (χ1v) is 11.5. The van der Waals surface area contributed by atoms with E-state index < -0.39 is 0 Å². The lowest BCUT2D eigenvalue weighted by Gasteiger charge is -2.19. The van der Waals surface area contributed by atoms with Crippen LogP contribution in [0.3, 0.4) is 0 Å². The largest absolute Gasteiger partial charge is 0.497 e. The maximum absolute atomic E-state index is 12.6. The Morgan fingerprint density at radius 3 is 2.45 bits per heavy atom. The molecule has 6 nitrogen and oxygen atoms in total. The second kappa shape index (κ2) is 11.2. The van der Waals surface area contributed by atoms with Crippen molar-refractivity contribution in [2.24, 2.45) is 0 Å². The van der Waals surface area contributed by atoms with Crippen LogP contribution >= 0.6 is 23.4 Å². The number of nitrogens with zero attached hydrogens (tertiary/aromatic N) is 3. The summed E-state index contributed by atoms with van der Waals surface area (Å²) < 4.78 is 13.1. The summed E-state index contributed by atoms with van der Waals surface area (Å²) in [7, 11) is 1.60. The number of carbonyl (C=O) groups is 1. The molecule has 0 bridgehead atoms. The minimum absolute atomic E-state index is 0.0283. The Bertz CT molecular complexity index is 1000. The van der Waals surface area contributed by atoms with Crippen molar-refractivity contribution in [2.45, 2.75) is 44.5 Å². The quantitative estimate of drug-likeness (QED) is 0.264. The molecular weight excluding hydrogens is 434 g/mol. The highest BCUT2D eigenvalue weighted by Gasteiger charge is 2.20. The molecule has 3 aromatic rings. The highest BCUT2D eigenvalue weighted by Crippen LogP contribution is 2.29. The monoisotopic (exact) mass is 459 g/mol. The van der Waals surface area contributed by atoms with Gasteiger partial charge in [-0.1, -0.05) is 49.3 Å². The normalized spacial score (nSPS) is 11.0. The van der Waals surface area contributed by atoms with Crippen molar-refractivity contribution in [1.82, 2.24) is 14.8 Å². The Hall–Kier alpha value is -2.51. The van der Waals surface area contributed by atoms with Gasteiger partial charge in [0.15, 0.2) is 16.8 Å². The lowest BCUT2D eigenvalue weighted by atomic mass is 10.1. The third-order valence-electron chi connectivity index (χ3n) is 4.98. The molecule has 1 heterocycles. The van der Waals surface area contributed by atoms with Gasteiger partial charge in [-0.05, 0) is 49.2 Å². The molecule has 3 rings (SSSR count). The number of benzene rings is 2. The molecule has 0 saturated heterocycles. The van der Waals surface area contributed by atoms with Crippen LogP contribution in [-0.2, 0) is 6.61 Å². The summed E-state index contributed by atoms with van der Waals surface area (Å²) in [5.41, 5.74) is 0.643. The second-order valence-electron chi connectivity index (χ2n) is 6.90. The van der Waals surface area contributed by atoms with Gasteiger partial charge >= 0.3 is 0 Å². The first kappa shape index (κ1) is 23.2. The molecule has 2 aromatic carbocycles. The fraction of sp³-hybridized carbons (Fsp3) is 0.348. The minimum Gasteiger partial charge on any atom is -0.497 e. The molecule has 0 unspecified atom stereocenters. The highest BCUT2D eigenvalue weighted by molar-refractivity contribution is 7.99. The number of rotatable bonds is 11. The fourth-order valence-electron chi connectivity index (χ4n) is 3.22. The lowest BCUT2D eigenvalue weighted by molar-refractivity contribution is 0.102. The van der Waals surface area contributed by atoms with Gasteiger partial charge in [0.2, 0.25) is 0 Å². The Labute approximate surface area is 191 Å². The summed E-state index contributed by atoms with van der Waals surface area (Å²) in [5, 5.41) is 9.97. The van der Waals surface area contributed by atoms with Gasteiger partial charge < -0.3 is 14.0 Å². The average molecular weight is 460 g/mol. The summed E-state index contributed by atoms with van der Waals surface area (Å²) in [6.07, 6.45) is 1.85. The zero-order chi connectivity index (χ0) is 22.2. The number of para-hydroxylation sites is 1. The van der Waals surface area contributed by atoms with E-state index in [0.29, 0.717) is 27.3 Å². The topological polar surface area (TPSA) is 66.2 Å². The molecule has 0 fully saturated rings. The van der Waals surface area contributed by atoms with E-state index in [2.05, 4.69) is 28.6 Å². The minimum atomic E-state index is 0.0283. The van der Waals surface area contributed by atoms with Crippen molar-refractivity contribution in [3.63, 3.8) is 0 Å². The summed E-state index contributed by atoms with van der Waals surface area (Å²) >= 11 is 7.59. The van der Waals surface area contributed by atoms with E-state index in [0.717, 1.165) is 18.6 Å². The molecule has 0 atom stereocenters. The number of carbonyl (C=O) groups excluding carboxylic acids is 1. The first-order chi connectivity index (χ1) is 15.1. The number of Topliss-reactive ketones (excluding diaryl/α,β-unsaturated/α-hetero) is 1. The number of methoxy groups -OCH3 is 1. The molecule has 31 heavy (non-hydrogen) atoms. The van der Waals surface area contributed by atoms with Crippen LogP contribution in [0.15, 0.2) is 53.7 Å². The standard InChI is InChI=1S/C23H26ClN3O3S/c1-4-17(5-2)27-22(14-30-21-9-7-6-8-19(21)24)25-26-23(27)31-15-20(28)16-10-12-18(29-3)13-11-16/h6-13,17H,4-5,14-15H2,1-3H3. The van der Waals surface area contributed by atoms with Crippen molar-refractivity contribution >= 4 is 29.1 Å². The number of aromatic nitrogens is 3. The van der Waals surface area contributed by atoms with Crippen LogP contribution in [0, 0.1) is 0 Å². The van der Waals surface area contributed by atoms with Crippen molar-refractivity contribution in [1.29, 1.82) is 0 Å². The molecule has 0 saturated carbocycles. The predicted molar refractivity (Wildman–Crippen MR) is 123 cm³/mol. The Morgan fingerprint density at radius 1 is 1.10 bits per heavy atom. The molecule has 0 aliphatic rings. The summed E-state index contributed by atoms with van der Waals surface area (Å²) in [6, 6.07) is 14.7. The van der Waals surface area contributed by atoms with Gasteiger partial charge in [-0.3, -0.25) is 4.79 Å². The number of ketones is 1. The molecule has 8 heteroatoms. The number of ether oxygens (including phenoxy) is 2. The Balaban J connectivity index is 1.74. The van der Waals surface area contributed by atoms with Crippen LogP contribution in [0.5, 0.6) is 11.5 Å². The van der Waals surface area contributed by atoms with Crippen molar-refractivity contribution < 1.29 is 14.3 Å². The maximum Gasteiger partial charge on any atom is 0.192 e. The lowest BCUT2D eigenvalue weighted by Crippen LogP contribution is -2.15. The van der Waals surface area contributed by atoms with Crippen molar-refractivity contribution in [3.8, 4) is 11.5 Å². The number of hydrogen-bond donors (Lipinski definition) is 0. The van der Waals surface area contributed by atoms with Gasteiger partial charge in [-0.2, -0.15) is 0 Å². The van der Waals surface area contributed by atoms with Crippen LogP contribution in [0.4, 0.5) is 0 Å². The van der Waals surface area contributed by atoms with Crippen LogP contribution < -0.4 is 9.47 Å². The van der Waals surface area contributed by atoms with Gasteiger partial charge in [0, 0.05) is 11.6 Å². The first-order valence-electron chi connectivity index (χ1n) is 10.2. The van der Waals surface area contributed by atoms with E-state index >= 15 is 0 Å². The summed E-state index contributed by atoms with van der Waals surface area (Å²) in [6.45, 7) is 4.51. The molecule has 0 aliphatic heterocycles. The smallest absolute Gasteiger partial charge is 0.192 e. The fourth-order valence-corrected chi connectivity index (χ4v) is 4.33. The molecule has 1 aromatic heterocycles. The molecule has 0 amide bonds. The summed E-state index contributed by atoms with van der Waals surface area (Å²) in [4.78, 5) is 12.6. The molecular formula is C23H26ClN3O3S. The van der Waals surface area contributed by atoms with Gasteiger partial charge in [-0.25, -0.2) is 0 Å². The van der Waals surface area contributed by atoms with Gasteiger partial charge in [0.1, 0.15) is 18.1 Å². The molecule has 164 valence electrons. The van der Waals surface area contributed by atoms with Crippen LogP contribution in [0.2, 0.25) is 5.02 Å². The Kier molecular flexibility index (Phi) is 8.37. The molecule has 0 aliphatic carbocycles. The van der Waals surface area contributed by atoms with Crippen molar-refractivity contribution in [2.75, 3.05) is 12.9 Å². The zero-order valence-corrected chi connectivity index (χ0v) is 19.4. The van der Waals surface area contributed by atoms with Gasteiger partial charge in [0.05, 0.1) is 17.9 Å². The number of hydrogen-bond acceptors (Lipinski definition) is 6. The molecule has 0 spiro atoms. The van der Waals surface area contributed by atoms with E-state index in [-0.39, 0.29) is 24.2 Å². The Morgan fingerprint density at radius 2 is 1.81 bits per heavy atom. The number of halogens is 1. The third kappa shape index (κ3) is 5.80. The highest BCUT2D eigenvalue weighted by atomic mass is 35.5. The average Bonchev–Trinajstić information content (AvgIpc) is 3.20. The van der Waals surface area contributed by atoms with E-state index in [1.807, 2.05) is 18.2 Å². The second-order valence-corrected chi connectivity index (χ2v) is 8.25. The molecule has 0 N–H and O–H groups in total. The zero-order valence-electron chi connectivity index (χ0n) is 17.9.